The summed E-state index contributed by atoms with van der Waals surface area (Å²) in [4.78, 5) is 17.4. The third kappa shape index (κ3) is 4.19. The van der Waals surface area contributed by atoms with Crippen molar-refractivity contribution in [3.8, 4) is 0 Å². The molecule has 0 aromatic carbocycles. The third-order valence-electron chi connectivity index (χ3n) is 2.83. The molecule has 0 aliphatic heterocycles. The smallest absolute Gasteiger partial charge is 0.306 e. The summed E-state index contributed by atoms with van der Waals surface area (Å²) in [7, 11) is 1.42. The van der Waals surface area contributed by atoms with Crippen LogP contribution in [0, 0.1) is 0 Å². The highest BCUT2D eigenvalue weighted by molar-refractivity contribution is 5.69. The minimum atomic E-state index is -0.160. The molecule has 0 N–H and O–H groups in total. The molecule has 0 unspecified atom stereocenters. The highest BCUT2D eigenvalue weighted by Crippen LogP contribution is 2.05. The second-order valence-corrected chi connectivity index (χ2v) is 3.87. The van der Waals surface area contributed by atoms with Gasteiger partial charge in [-0.1, -0.05) is 6.92 Å². The summed E-state index contributed by atoms with van der Waals surface area (Å²) in [5.74, 6) is -0.160. The summed E-state index contributed by atoms with van der Waals surface area (Å²) in [6.07, 6.45) is 4.15. The van der Waals surface area contributed by atoms with Crippen molar-refractivity contribution in [3.63, 3.8) is 0 Å². The third-order valence-corrected chi connectivity index (χ3v) is 2.83. The highest BCUT2D eigenvalue weighted by Gasteiger charge is 2.09. The van der Waals surface area contributed by atoms with Gasteiger partial charge in [0.25, 0.3) is 0 Å². The Morgan fingerprint density at radius 3 is 2.88 bits per heavy atom. The van der Waals surface area contributed by atoms with Gasteiger partial charge in [-0.15, -0.1) is 0 Å². The van der Waals surface area contributed by atoms with Crippen LogP contribution in [0.4, 0.5) is 0 Å². The number of aryl methyl sites for hydroxylation is 1. The SMILES string of the molecule is CCN(CCC(=O)OC)Cc1cncn1CC. The lowest BCUT2D eigenvalue weighted by Crippen LogP contribution is -2.27. The van der Waals surface area contributed by atoms with Crippen LogP contribution in [0.3, 0.4) is 0 Å². The van der Waals surface area contributed by atoms with Crippen LogP contribution in [0.15, 0.2) is 12.5 Å². The maximum absolute atomic E-state index is 11.1. The van der Waals surface area contributed by atoms with E-state index in [-0.39, 0.29) is 5.97 Å². The van der Waals surface area contributed by atoms with Crippen molar-refractivity contribution in [1.29, 1.82) is 0 Å². The van der Waals surface area contributed by atoms with E-state index in [1.165, 1.54) is 12.8 Å². The van der Waals surface area contributed by atoms with Crippen molar-refractivity contribution in [1.82, 2.24) is 14.5 Å². The molecule has 0 fully saturated rings. The van der Waals surface area contributed by atoms with Crippen molar-refractivity contribution < 1.29 is 9.53 Å². The lowest BCUT2D eigenvalue weighted by molar-refractivity contribution is -0.141. The lowest BCUT2D eigenvalue weighted by atomic mass is 10.3. The predicted molar refractivity (Wildman–Crippen MR) is 65.5 cm³/mol. The molecule has 0 atom stereocenters. The summed E-state index contributed by atoms with van der Waals surface area (Å²) in [6.45, 7) is 7.55. The van der Waals surface area contributed by atoms with Gasteiger partial charge in [0.2, 0.25) is 0 Å². The van der Waals surface area contributed by atoms with Gasteiger partial charge in [0.05, 0.1) is 25.6 Å². The van der Waals surface area contributed by atoms with Gasteiger partial charge in [0, 0.05) is 25.8 Å². The normalized spacial score (nSPS) is 10.8. The Bertz CT molecular complexity index is 349. The maximum Gasteiger partial charge on any atom is 0.306 e. The zero-order valence-corrected chi connectivity index (χ0v) is 10.8. The van der Waals surface area contributed by atoms with E-state index in [0.29, 0.717) is 6.42 Å². The average Bonchev–Trinajstić information content (AvgIpc) is 2.80. The van der Waals surface area contributed by atoms with E-state index >= 15 is 0 Å². The summed E-state index contributed by atoms with van der Waals surface area (Å²) in [5, 5.41) is 0. The summed E-state index contributed by atoms with van der Waals surface area (Å²) < 4.78 is 6.75. The fourth-order valence-electron chi connectivity index (χ4n) is 1.69. The van der Waals surface area contributed by atoms with Gasteiger partial charge in [-0.3, -0.25) is 9.69 Å². The topological polar surface area (TPSA) is 47.4 Å². The molecule has 5 nitrogen and oxygen atoms in total. The fourth-order valence-corrected chi connectivity index (χ4v) is 1.69. The first-order valence-electron chi connectivity index (χ1n) is 5.99. The molecule has 5 heteroatoms. The van der Waals surface area contributed by atoms with Gasteiger partial charge in [-0.25, -0.2) is 4.98 Å². The van der Waals surface area contributed by atoms with Gasteiger partial charge in [0.1, 0.15) is 0 Å². The van der Waals surface area contributed by atoms with Gasteiger partial charge < -0.3 is 9.30 Å². The molecule has 1 aromatic rings. The van der Waals surface area contributed by atoms with E-state index in [2.05, 4.69) is 33.0 Å². The summed E-state index contributed by atoms with van der Waals surface area (Å²) >= 11 is 0. The van der Waals surface area contributed by atoms with Crippen LogP contribution in [-0.4, -0.2) is 40.6 Å². The van der Waals surface area contributed by atoms with Gasteiger partial charge in [-0.2, -0.15) is 0 Å². The molecular weight excluding hydrogens is 218 g/mol. The number of carbonyl (C=O) groups is 1. The monoisotopic (exact) mass is 239 g/mol. The second-order valence-electron chi connectivity index (χ2n) is 3.87. The lowest BCUT2D eigenvalue weighted by Gasteiger charge is -2.20. The van der Waals surface area contributed by atoms with E-state index in [9.17, 15) is 4.79 Å². The van der Waals surface area contributed by atoms with Gasteiger partial charge >= 0.3 is 5.97 Å². The van der Waals surface area contributed by atoms with Crippen LogP contribution in [0.5, 0.6) is 0 Å². The summed E-state index contributed by atoms with van der Waals surface area (Å²) in [5.41, 5.74) is 1.18. The Labute approximate surface area is 102 Å². The van der Waals surface area contributed by atoms with Gasteiger partial charge in [-0.05, 0) is 13.5 Å². The van der Waals surface area contributed by atoms with E-state index < -0.39 is 0 Å². The van der Waals surface area contributed by atoms with Crippen LogP contribution in [0.25, 0.3) is 0 Å². The Kier molecular flexibility index (Phi) is 5.69. The zero-order valence-electron chi connectivity index (χ0n) is 10.8. The number of aromatic nitrogens is 2. The summed E-state index contributed by atoms with van der Waals surface area (Å²) in [6, 6.07) is 0. The molecule has 0 aliphatic rings. The Morgan fingerprint density at radius 1 is 1.53 bits per heavy atom. The second kappa shape index (κ2) is 7.06. The Balaban J connectivity index is 2.49. The number of esters is 1. The van der Waals surface area contributed by atoms with Crippen LogP contribution >= 0.6 is 0 Å². The van der Waals surface area contributed by atoms with E-state index in [0.717, 1.165) is 26.2 Å². The van der Waals surface area contributed by atoms with Crippen LogP contribution < -0.4 is 0 Å². The number of nitrogens with zero attached hydrogens (tertiary/aromatic N) is 3. The van der Waals surface area contributed by atoms with Crippen molar-refractivity contribution >= 4 is 5.97 Å². The number of hydrogen-bond donors (Lipinski definition) is 0. The fraction of sp³-hybridized carbons (Fsp3) is 0.667. The van der Waals surface area contributed by atoms with Crippen molar-refractivity contribution in [2.45, 2.75) is 33.4 Å². The van der Waals surface area contributed by atoms with Crippen molar-refractivity contribution in [3.05, 3.63) is 18.2 Å². The molecular formula is C12H21N3O2. The molecule has 0 saturated heterocycles. The van der Waals surface area contributed by atoms with Crippen molar-refractivity contribution in [2.24, 2.45) is 0 Å². The minimum absolute atomic E-state index is 0.160. The largest absolute Gasteiger partial charge is 0.469 e. The molecule has 1 heterocycles. The minimum Gasteiger partial charge on any atom is -0.469 e. The highest BCUT2D eigenvalue weighted by atomic mass is 16.5. The molecule has 17 heavy (non-hydrogen) atoms. The molecule has 96 valence electrons. The quantitative estimate of drug-likeness (QED) is 0.673. The first kappa shape index (κ1) is 13.7. The number of rotatable bonds is 7. The van der Waals surface area contributed by atoms with Crippen LogP contribution in [-0.2, 0) is 22.6 Å². The predicted octanol–water partition coefficient (Wildman–Crippen LogP) is 1.29. The number of carbonyl (C=O) groups excluding carboxylic acids is 1. The number of methoxy groups -OCH3 is 1. The standard InChI is InChI=1S/C12H21N3O2/c1-4-14(7-6-12(16)17-3)9-11-8-13-10-15(11)5-2/h8,10H,4-7,9H2,1-3H3. The van der Waals surface area contributed by atoms with Crippen molar-refractivity contribution in [2.75, 3.05) is 20.2 Å². The maximum atomic E-state index is 11.1. The number of hydrogen-bond acceptors (Lipinski definition) is 4. The molecule has 0 spiro atoms. The first-order valence-corrected chi connectivity index (χ1v) is 5.99. The van der Waals surface area contributed by atoms with Crippen LogP contribution in [0.2, 0.25) is 0 Å². The molecule has 0 aliphatic carbocycles. The molecule has 0 amide bonds. The Morgan fingerprint density at radius 2 is 2.29 bits per heavy atom. The molecule has 1 aromatic heterocycles. The number of imidazole rings is 1. The van der Waals surface area contributed by atoms with E-state index in [4.69, 9.17) is 0 Å². The van der Waals surface area contributed by atoms with Crippen LogP contribution in [0.1, 0.15) is 26.0 Å². The average molecular weight is 239 g/mol. The zero-order chi connectivity index (χ0) is 12.7. The number of ether oxygens (including phenoxy) is 1. The molecule has 0 radical (unpaired) electrons. The van der Waals surface area contributed by atoms with Gasteiger partial charge in [0.15, 0.2) is 0 Å². The van der Waals surface area contributed by atoms with E-state index in [1.807, 2.05) is 12.5 Å². The molecule has 0 bridgehead atoms. The Hall–Kier alpha value is -1.36. The molecule has 1 rings (SSSR count). The molecule has 0 saturated carbocycles. The first-order chi connectivity index (χ1) is 8.21. The van der Waals surface area contributed by atoms with E-state index in [1.54, 1.807) is 0 Å².